The highest BCUT2D eigenvalue weighted by atomic mass is 16.3. The Labute approximate surface area is 127 Å². The van der Waals surface area contributed by atoms with Crippen LogP contribution >= 0.6 is 0 Å². The summed E-state index contributed by atoms with van der Waals surface area (Å²) in [6.45, 7) is 2.18. The van der Waals surface area contributed by atoms with Crippen molar-refractivity contribution < 1.29 is 9.21 Å². The number of hydrogen-bond acceptors (Lipinski definition) is 4. The number of nitrogens with one attached hydrogen (secondary N) is 1. The third-order valence-corrected chi connectivity index (χ3v) is 3.67. The summed E-state index contributed by atoms with van der Waals surface area (Å²) in [4.78, 5) is 16.8. The number of aryl methyl sites for hydroxylation is 1. The van der Waals surface area contributed by atoms with E-state index in [0.29, 0.717) is 11.3 Å². The summed E-state index contributed by atoms with van der Waals surface area (Å²) < 4.78 is 7.17. The first-order valence-electron chi connectivity index (χ1n) is 7.10. The maximum atomic E-state index is 12.2. The highest BCUT2D eigenvalue weighted by Gasteiger charge is 2.18. The number of nitrogens with two attached hydrogens (primary N) is 1. The van der Waals surface area contributed by atoms with E-state index in [9.17, 15) is 4.79 Å². The normalized spacial score (nSPS) is 12.5. The van der Waals surface area contributed by atoms with Crippen LogP contribution in [-0.4, -0.2) is 15.5 Å². The molecule has 0 radical (unpaired) electrons. The van der Waals surface area contributed by atoms with Crippen molar-refractivity contribution in [2.24, 2.45) is 12.8 Å². The summed E-state index contributed by atoms with van der Waals surface area (Å²) in [5.74, 6) is 1.18. The van der Waals surface area contributed by atoms with Gasteiger partial charge in [0.25, 0.3) is 5.91 Å². The van der Waals surface area contributed by atoms with Gasteiger partial charge in [0.15, 0.2) is 0 Å². The SMILES string of the molecule is CC(NC(=O)c1coc(CN)c1)c1nc2ccccc2n1C. The van der Waals surface area contributed by atoms with Gasteiger partial charge in [-0.3, -0.25) is 4.79 Å². The summed E-state index contributed by atoms with van der Waals surface area (Å²) in [7, 11) is 1.94. The van der Waals surface area contributed by atoms with Crippen LogP contribution in [0.15, 0.2) is 41.0 Å². The zero-order valence-electron chi connectivity index (χ0n) is 12.5. The van der Waals surface area contributed by atoms with Gasteiger partial charge in [-0.2, -0.15) is 0 Å². The fraction of sp³-hybridized carbons (Fsp3) is 0.250. The first-order chi connectivity index (χ1) is 10.6. The van der Waals surface area contributed by atoms with Gasteiger partial charge in [-0.25, -0.2) is 4.98 Å². The lowest BCUT2D eigenvalue weighted by Gasteiger charge is -2.13. The standard InChI is InChI=1S/C16H18N4O2/c1-10(18-16(21)11-7-12(8-17)22-9-11)15-19-13-5-3-4-6-14(13)20(15)2/h3-7,9-10H,8,17H2,1-2H3,(H,18,21). The third-order valence-electron chi connectivity index (χ3n) is 3.67. The molecule has 0 aliphatic rings. The molecule has 1 atom stereocenters. The van der Waals surface area contributed by atoms with Gasteiger partial charge in [0, 0.05) is 7.05 Å². The molecule has 3 rings (SSSR count). The van der Waals surface area contributed by atoms with E-state index in [1.165, 1.54) is 6.26 Å². The molecule has 2 heterocycles. The first kappa shape index (κ1) is 14.3. The molecule has 114 valence electrons. The van der Waals surface area contributed by atoms with Crippen molar-refractivity contribution in [2.45, 2.75) is 19.5 Å². The van der Waals surface area contributed by atoms with Gasteiger partial charge >= 0.3 is 0 Å². The number of imidazole rings is 1. The molecule has 6 nitrogen and oxygen atoms in total. The van der Waals surface area contributed by atoms with E-state index in [-0.39, 0.29) is 18.5 Å². The molecule has 0 spiro atoms. The fourth-order valence-corrected chi connectivity index (χ4v) is 2.50. The summed E-state index contributed by atoms with van der Waals surface area (Å²) in [5.41, 5.74) is 7.89. The number of para-hydroxylation sites is 2. The molecule has 0 saturated heterocycles. The minimum atomic E-state index is -0.221. The lowest BCUT2D eigenvalue weighted by Crippen LogP contribution is -2.28. The number of carbonyl (C=O) groups excluding carboxylic acids is 1. The van der Waals surface area contributed by atoms with Crippen LogP contribution in [0.25, 0.3) is 11.0 Å². The second kappa shape index (κ2) is 5.65. The maximum absolute atomic E-state index is 12.2. The van der Waals surface area contributed by atoms with Crippen LogP contribution in [0, 0.1) is 0 Å². The summed E-state index contributed by atoms with van der Waals surface area (Å²) in [6, 6.07) is 9.30. The second-order valence-electron chi connectivity index (χ2n) is 5.22. The van der Waals surface area contributed by atoms with E-state index in [4.69, 9.17) is 10.2 Å². The number of carbonyl (C=O) groups is 1. The number of aromatic nitrogens is 2. The largest absolute Gasteiger partial charge is 0.467 e. The van der Waals surface area contributed by atoms with Crippen LogP contribution in [0.3, 0.4) is 0 Å². The summed E-state index contributed by atoms with van der Waals surface area (Å²) >= 11 is 0. The van der Waals surface area contributed by atoms with Crippen LogP contribution < -0.4 is 11.1 Å². The molecule has 3 aromatic rings. The van der Waals surface area contributed by atoms with Crippen molar-refractivity contribution in [1.29, 1.82) is 0 Å². The fourth-order valence-electron chi connectivity index (χ4n) is 2.50. The second-order valence-corrected chi connectivity index (χ2v) is 5.22. The average Bonchev–Trinajstić information content (AvgIpc) is 3.12. The van der Waals surface area contributed by atoms with Gasteiger partial charge in [0.2, 0.25) is 0 Å². The molecule has 2 aromatic heterocycles. The molecule has 1 unspecified atom stereocenters. The molecule has 1 aromatic carbocycles. The topological polar surface area (TPSA) is 86.1 Å². The molecule has 0 bridgehead atoms. The predicted octanol–water partition coefficient (Wildman–Crippen LogP) is 2.12. The predicted molar refractivity (Wildman–Crippen MR) is 83.2 cm³/mol. The Balaban J connectivity index is 1.82. The van der Waals surface area contributed by atoms with Gasteiger partial charge in [0.05, 0.1) is 29.2 Å². The van der Waals surface area contributed by atoms with Crippen molar-refractivity contribution in [3.63, 3.8) is 0 Å². The smallest absolute Gasteiger partial charge is 0.255 e. The van der Waals surface area contributed by atoms with E-state index in [1.807, 2.05) is 42.8 Å². The number of amides is 1. The van der Waals surface area contributed by atoms with Crippen molar-refractivity contribution in [1.82, 2.24) is 14.9 Å². The molecule has 0 aliphatic heterocycles. The van der Waals surface area contributed by atoms with E-state index in [0.717, 1.165) is 16.9 Å². The van der Waals surface area contributed by atoms with E-state index in [2.05, 4.69) is 10.3 Å². The van der Waals surface area contributed by atoms with Crippen molar-refractivity contribution >= 4 is 16.9 Å². The monoisotopic (exact) mass is 298 g/mol. The lowest BCUT2D eigenvalue weighted by molar-refractivity contribution is 0.0937. The molecule has 0 saturated carbocycles. The zero-order valence-corrected chi connectivity index (χ0v) is 12.5. The Morgan fingerprint density at radius 3 is 2.91 bits per heavy atom. The van der Waals surface area contributed by atoms with Gasteiger partial charge in [-0.15, -0.1) is 0 Å². The highest BCUT2D eigenvalue weighted by Crippen LogP contribution is 2.19. The molecule has 6 heteroatoms. The Morgan fingerprint density at radius 1 is 1.45 bits per heavy atom. The van der Waals surface area contributed by atoms with Gasteiger partial charge in [-0.05, 0) is 25.1 Å². The van der Waals surface area contributed by atoms with E-state index < -0.39 is 0 Å². The molecule has 3 N–H and O–H groups in total. The summed E-state index contributed by atoms with van der Waals surface area (Å²) in [5, 5.41) is 2.93. The number of hydrogen-bond donors (Lipinski definition) is 2. The number of rotatable bonds is 4. The van der Waals surface area contributed by atoms with Gasteiger partial charge in [0.1, 0.15) is 17.8 Å². The van der Waals surface area contributed by atoms with E-state index >= 15 is 0 Å². The summed E-state index contributed by atoms with van der Waals surface area (Å²) in [6.07, 6.45) is 1.42. The molecule has 0 fully saturated rings. The molecular weight excluding hydrogens is 280 g/mol. The Hall–Kier alpha value is -2.60. The number of furan rings is 1. The van der Waals surface area contributed by atoms with E-state index in [1.54, 1.807) is 6.07 Å². The van der Waals surface area contributed by atoms with Crippen LogP contribution in [-0.2, 0) is 13.6 Å². The molecule has 0 aliphatic carbocycles. The first-order valence-corrected chi connectivity index (χ1v) is 7.10. The van der Waals surface area contributed by atoms with Crippen molar-refractivity contribution in [2.75, 3.05) is 0 Å². The number of nitrogens with zero attached hydrogens (tertiary/aromatic N) is 2. The third kappa shape index (κ3) is 2.48. The van der Waals surface area contributed by atoms with Crippen LogP contribution in [0.5, 0.6) is 0 Å². The maximum Gasteiger partial charge on any atom is 0.255 e. The molecule has 1 amide bonds. The van der Waals surface area contributed by atoms with Gasteiger partial charge < -0.3 is 20.0 Å². The zero-order chi connectivity index (χ0) is 15.7. The van der Waals surface area contributed by atoms with Crippen LogP contribution in [0.4, 0.5) is 0 Å². The lowest BCUT2D eigenvalue weighted by atomic mass is 10.2. The molecular formula is C16H18N4O2. The van der Waals surface area contributed by atoms with Crippen LogP contribution in [0.2, 0.25) is 0 Å². The number of fused-ring (bicyclic) bond motifs is 1. The van der Waals surface area contributed by atoms with Crippen molar-refractivity contribution in [3.8, 4) is 0 Å². The van der Waals surface area contributed by atoms with Crippen LogP contribution in [0.1, 0.15) is 34.9 Å². The Bertz CT molecular complexity index is 819. The Morgan fingerprint density at radius 2 is 2.23 bits per heavy atom. The Kier molecular flexibility index (Phi) is 3.68. The number of benzene rings is 1. The van der Waals surface area contributed by atoms with Gasteiger partial charge in [-0.1, -0.05) is 12.1 Å². The van der Waals surface area contributed by atoms with Crippen molar-refractivity contribution in [3.05, 3.63) is 53.7 Å². The average molecular weight is 298 g/mol. The minimum absolute atomic E-state index is 0.206. The quantitative estimate of drug-likeness (QED) is 0.772. The highest BCUT2D eigenvalue weighted by molar-refractivity contribution is 5.94. The molecule has 22 heavy (non-hydrogen) atoms. The minimum Gasteiger partial charge on any atom is -0.467 e.